The molecule has 0 unspecified atom stereocenters. The van der Waals surface area contributed by atoms with Gasteiger partial charge >= 0.3 is 6.18 Å². The number of carbonyl (C=O) groups excluding carboxylic acids is 1. The summed E-state index contributed by atoms with van der Waals surface area (Å²) in [6.07, 6.45) is -3.45. The maximum absolute atomic E-state index is 13.0. The first-order valence-corrected chi connectivity index (χ1v) is 12.1. The molecule has 0 heterocycles. The molecule has 1 N–H and O–H groups in total. The molecule has 2 aromatic carbocycles. The molecule has 2 rings (SSSR count). The van der Waals surface area contributed by atoms with Crippen molar-refractivity contribution in [1.29, 1.82) is 0 Å². The highest BCUT2D eigenvalue weighted by Gasteiger charge is 2.31. The fourth-order valence-corrected chi connectivity index (χ4v) is 4.51. The zero-order valence-corrected chi connectivity index (χ0v) is 19.7. The molecule has 0 bridgehead atoms. The molecule has 0 radical (unpaired) electrons. The highest BCUT2D eigenvalue weighted by atomic mass is 32.2. The molecule has 0 aliphatic carbocycles. The number of nitrogens with zero attached hydrogens (tertiary/aromatic N) is 1. The lowest BCUT2D eigenvalue weighted by Crippen LogP contribution is -2.33. The van der Waals surface area contributed by atoms with Crippen molar-refractivity contribution in [3.8, 4) is 0 Å². The lowest BCUT2D eigenvalue weighted by atomic mass is 9.96. The first-order chi connectivity index (χ1) is 14.7. The van der Waals surface area contributed by atoms with E-state index in [0.29, 0.717) is 0 Å². The van der Waals surface area contributed by atoms with Gasteiger partial charge in [-0.05, 0) is 74.6 Å². The van der Waals surface area contributed by atoms with Crippen LogP contribution in [0.5, 0.6) is 0 Å². The van der Waals surface area contributed by atoms with Gasteiger partial charge in [0.15, 0.2) is 0 Å². The second-order valence-electron chi connectivity index (χ2n) is 8.07. The Hall–Kier alpha value is -2.55. The number of benzene rings is 2. The van der Waals surface area contributed by atoms with Crippen LogP contribution in [0.15, 0.2) is 36.4 Å². The van der Waals surface area contributed by atoms with Crippen LogP contribution >= 0.6 is 0 Å². The molecule has 0 aliphatic heterocycles. The number of halogens is 3. The maximum Gasteiger partial charge on any atom is 0.416 e. The molecule has 0 aromatic heterocycles. The van der Waals surface area contributed by atoms with Crippen molar-refractivity contribution >= 4 is 21.6 Å². The van der Waals surface area contributed by atoms with E-state index in [1.807, 2.05) is 33.8 Å². The average Bonchev–Trinajstić information content (AvgIpc) is 2.66. The van der Waals surface area contributed by atoms with E-state index in [1.165, 1.54) is 11.6 Å². The minimum Gasteiger partial charge on any atom is -0.350 e. The summed E-state index contributed by atoms with van der Waals surface area (Å²) in [5.74, 6) is -0.257. The minimum absolute atomic E-state index is 0.0409. The molecule has 0 spiro atoms. The summed E-state index contributed by atoms with van der Waals surface area (Å²) in [5, 5.41) is 2.91. The second kappa shape index (κ2) is 9.94. The van der Waals surface area contributed by atoms with Crippen molar-refractivity contribution in [3.05, 3.63) is 64.2 Å². The van der Waals surface area contributed by atoms with E-state index in [1.54, 1.807) is 0 Å². The average molecular weight is 471 g/mol. The fourth-order valence-electron chi connectivity index (χ4n) is 3.55. The summed E-state index contributed by atoms with van der Waals surface area (Å²) in [7, 11) is -3.82. The standard InChI is InChI=1S/C23H29F3N2O3S/c1-15-12-17(3)21(13-16(15)2)18(4)27-22(29)10-7-11-28(32(5,30)31)20-9-6-8-19(14-20)23(24,25)26/h6,8-9,12-14,18H,7,10-11H2,1-5H3,(H,27,29)/t18-/m1/s1. The Bertz CT molecular complexity index is 1080. The Morgan fingerprint density at radius 2 is 1.69 bits per heavy atom. The fraction of sp³-hybridized carbons (Fsp3) is 0.435. The zero-order valence-electron chi connectivity index (χ0n) is 18.9. The number of anilines is 1. The van der Waals surface area contributed by atoms with Gasteiger partial charge in [-0.15, -0.1) is 0 Å². The summed E-state index contributed by atoms with van der Waals surface area (Å²) in [5.41, 5.74) is 3.34. The molecule has 0 aliphatic rings. The van der Waals surface area contributed by atoms with Gasteiger partial charge in [-0.1, -0.05) is 18.2 Å². The summed E-state index contributed by atoms with van der Waals surface area (Å²) >= 11 is 0. The van der Waals surface area contributed by atoms with Gasteiger partial charge in [-0.3, -0.25) is 9.10 Å². The molecule has 9 heteroatoms. The van der Waals surface area contributed by atoms with Crippen molar-refractivity contribution in [2.75, 3.05) is 17.1 Å². The molecule has 32 heavy (non-hydrogen) atoms. The predicted octanol–water partition coefficient (Wildman–Crippen LogP) is 5.05. The van der Waals surface area contributed by atoms with Gasteiger partial charge in [0, 0.05) is 13.0 Å². The monoisotopic (exact) mass is 470 g/mol. The molecule has 1 atom stereocenters. The summed E-state index contributed by atoms with van der Waals surface area (Å²) < 4.78 is 64.2. The van der Waals surface area contributed by atoms with Gasteiger partial charge in [-0.2, -0.15) is 13.2 Å². The smallest absolute Gasteiger partial charge is 0.350 e. The van der Waals surface area contributed by atoms with Crippen LogP contribution in [0.25, 0.3) is 0 Å². The van der Waals surface area contributed by atoms with Gasteiger partial charge < -0.3 is 5.32 Å². The van der Waals surface area contributed by atoms with Gasteiger partial charge in [0.2, 0.25) is 15.9 Å². The van der Waals surface area contributed by atoms with Crippen molar-refractivity contribution in [2.24, 2.45) is 0 Å². The molecule has 5 nitrogen and oxygen atoms in total. The van der Waals surface area contributed by atoms with Crippen molar-refractivity contribution in [1.82, 2.24) is 5.32 Å². The highest BCUT2D eigenvalue weighted by molar-refractivity contribution is 7.92. The third-order valence-electron chi connectivity index (χ3n) is 5.35. The Morgan fingerprint density at radius 3 is 2.28 bits per heavy atom. The number of rotatable bonds is 8. The molecule has 0 saturated carbocycles. The second-order valence-corrected chi connectivity index (χ2v) is 9.98. The Balaban J connectivity index is 2.05. The Labute approximate surface area is 187 Å². The molecular weight excluding hydrogens is 441 g/mol. The molecular formula is C23H29F3N2O3S. The number of aryl methyl sites for hydroxylation is 3. The van der Waals surface area contributed by atoms with Crippen LogP contribution in [-0.4, -0.2) is 27.1 Å². The summed E-state index contributed by atoms with van der Waals surface area (Å²) in [6, 6.07) is 8.02. The van der Waals surface area contributed by atoms with Crippen LogP contribution < -0.4 is 9.62 Å². The van der Waals surface area contributed by atoms with E-state index in [-0.39, 0.29) is 37.0 Å². The summed E-state index contributed by atoms with van der Waals surface area (Å²) in [4.78, 5) is 12.4. The predicted molar refractivity (Wildman–Crippen MR) is 120 cm³/mol. The minimum atomic E-state index is -4.58. The maximum atomic E-state index is 13.0. The quantitative estimate of drug-likeness (QED) is 0.587. The van der Waals surface area contributed by atoms with E-state index >= 15 is 0 Å². The van der Waals surface area contributed by atoms with E-state index in [4.69, 9.17) is 0 Å². The number of nitrogens with one attached hydrogen (secondary N) is 1. The summed E-state index contributed by atoms with van der Waals surface area (Å²) in [6.45, 7) is 7.77. The number of hydrogen-bond donors (Lipinski definition) is 1. The first kappa shape index (κ1) is 25.7. The van der Waals surface area contributed by atoms with Crippen molar-refractivity contribution in [3.63, 3.8) is 0 Å². The number of carbonyl (C=O) groups is 1. The van der Waals surface area contributed by atoms with E-state index in [9.17, 15) is 26.4 Å². The van der Waals surface area contributed by atoms with Gasteiger partial charge in [0.25, 0.3) is 0 Å². The van der Waals surface area contributed by atoms with Crippen LogP contribution in [0.2, 0.25) is 0 Å². The number of alkyl halides is 3. The topological polar surface area (TPSA) is 66.5 Å². The van der Waals surface area contributed by atoms with Crippen LogP contribution in [0.4, 0.5) is 18.9 Å². The van der Waals surface area contributed by atoms with E-state index in [0.717, 1.165) is 45.5 Å². The number of amides is 1. The Kier molecular flexibility index (Phi) is 7.98. The van der Waals surface area contributed by atoms with Crippen LogP contribution in [-0.2, 0) is 21.0 Å². The lowest BCUT2D eigenvalue weighted by Gasteiger charge is -2.23. The largest absolute Gasteiger partial charge is 0.416 e. The molecule has 0 saturated heterocycles. The molecule has 0 fully saturated rings. The number of sulfonamides is 1. The third kappa shape index (κ3) is 6.72. The third-order valence-corrected chi connectivity index (χ3v) is 6.55. The van der Waals surface area contributed by atoms with Crippen LogP contribution in [0.3, 0.4) is 0 Å². The molecule has 2 aromatic rings. The van der Waals surface area contributed by atoms with Crippen molar-refractivity contribution < 1.29 is 26.4 Å². The van der Waals surface area contributed by atoms with Gasteiger partial charge in [-0.25, -0.2) is 8.42 Å². The zero-order chi connectivity index (χ0) is 24.3. The van der Waals surface area contributed by atoms with Gasteiger partial charge in [0.1, 0.15) is 0 Å². The van der Waals surface area contributed by atoms with Crippen LogP contribution in [0, 0.1) is 20.8 Å². The van der Waals surface area contributed by atoms with Crippen molar-refractivity contribution in [2.45, 2.75) is 52.8 Å². The van der Waals surface area contributed by atoms with Gasteiger partial charge in [0.05, 0.1) is 23.5 Å². The van der Waals surface area contributed by atoms with E-state index < -0.39 is 21.8 Å². The Morgan fingerprint density at radius 1 is 1.06 bits per heavy atom. The lowest BCUT2D eigenvalue weighted by molar-refractivity contribution is -0.137. The molecule has 176 valence electrons. The first-order valence-electron chi connectivity index (χ1n) is 10.2. The highest BCUT2D eigenvalue weighted by Crippen LogP contribution is 2.32. The normalized spacial score (nSPS) is 13.0. The van der Waals surface area contributed by atoms with E-state index in [2.05, 4.69) is 11.4 Å². The molecule has 1 amide bonds. The SMILES string of the molecule is Cc1cc(C)c([C@@H](C)NC(=O)CCCN(c2cccc(C(F)(F)F)c2)S(C)(=O)=O)cc1C. The van der Waals surface area contributed by atoms with Crippen LogP contribution in [0.1, 0.15) is 53.6 Å². The number of hydrogen-bond acceptors (Lipinski definition) is 3.